The molecule has 1 saturated carbocycles. The van der Waals surface area contributed by atoms with E-state index in [1.165, 1.54) is 6.07 Å². The molecular weight excluding hydrogens is 340 g/mol. The van der Waals surface area contributed by atoms with Gasteiger partial charge in [-0.25, -0.2) is 8.78 Å². The van der Waals surface area contributed by atoms with Gasteiger partial charge in [0.05, 0.1) is 6.54 Å². The third kappa shape index (κ3) is 4.64. The van der Waals surface area contributed by atoms with Crippen molar-refractivity contribution in [3.63, 3.8) is 0 Å². The number of hydrogen-bond acceptors (Lipinski definition) is 3. The Kier molecular flexibility index (Phi) is 5.27. The molecule has 0 aromatic heterocycles. The SMILES string of the molecule is NC(=O)c1ccc(CN(CC(=O)Nc2ccc(F)c(F)c2)C2CC2)cc1. The normalized spacial score (nSPS) is 13.7. The molecule has 1 fully saturated rings. The summed E-state index contributed by atoms with van der Waals surface area (Å²) in [6.07, 6.45) is 2.02. The zero-order valence-corrected chi connectivity index (χ0v) is 14.0. The fraction of sp³-hybridized carbons (Fsp3) is 0.263. The molecule has 0 aliphatic heterocycles. The van der Waals surface area contributed by atoms with Crippen LogP contribution in [0.1, 0.15) is 28.8 Å². The molecule has 3 rings (SSSR count). The standard InChI is InChI=1S/C19H19F2N3O2/c20-16-8-5-14(9-17(16)21)23-18(25)11-24(15-6-7-15)10-12-1-3-13(4-2-12)19(22)26/h1-5,8-9,15H,6-7,10-11H2,(H2,22,26)(H,23,25). The lowest BCUT2D eigenvalue weighted by Crippen LogP contribution is -2.34. The summed E-state index contributed by atoms with van der Waals surface area (Å²) >= 11 is 0. The summed E-state index contributed by atoms with van der Waals surface area (Å²) in [4.78, 5) is 25.4. The van der Waals surface area contributed by atoms with E-state index >= 15 is 0 Å². The smallest absolute Gasteiger partial charge is 0.248 e. The van der Waals surface area contributed by atoms with Gasteiger partial charge in [-0.05, 0) is 42.7 Å². The summed E-state index contributed by atoms with van der Waals surface area (Å²) in [6, 6.07) is 10.5. The molecule has 1 aliphatic carbocycles. The van der Waals surface area contributed by atoms with Crippen molar-refractivity contribution in [2.75, 3.05) is 11.9 Å². The Morgan fingerprint density at radius 3 is 2.35 bits per heavy atom. The highest BCUT2D eigenvalue weighted by molar-refractivity contribution is 5.93. The van der Waals surface area contributed by atoms with Crippen molar-refractivity contribution in [2.45, 2.75) is 25.4 Å². The molecule has 0 unspecified atom stereocenters. The molecule has 1 aliphatic rings. The van der Waals surface area contributed by atoms with E-state index in [1.54, 1.807) is 12.1 Å². The number of nitrogens with one attached hydrogen (secondary N) is 1. The van der Waals surface area contributed by atoms with Gasteiger partial charge >= 0.3 is 0 Å². The van der Waals surface area contributed by atoms with E-state index in [1.807, 2.05) is 17.0 Å². The first-order chi connectivity index (χ1) is 12.4. The summed E-state index contributed by atoms with van der Waals surface area (Å²) in [7, 11) is 0. The van der Waals surface area contributed by atoms with E-state index in [4.69, 9.17) is 5.73 Å². The third-order valence-electron chi connectivity index (χ3n) is 4.24. The van der Waals surface area contributed by atoms with E-state index in [-0.39, 0.29) is 18.1 Å². The van der Waals surface area contributed by atoms with E-state index < -0.39 is 17.5 Å². The number of amides is 2. The van der Waals surface area contributed by atoms with E-state index in [0.29, 0.717) is 18.2 Å². The zero-order valence-electron chi connectivity index (χ0n) is 14.0. The lowest BCUT2D eigenvalue weighted by molar-refractivity contribution is -0.117. The molecule has 26 heavy (non-hydrogen) atoms. The Balaban J connectivity index is 1.62. The number of rotatable bonds is 7. The van der Waals surface area contributed by atoms with Gasteiger partial charge < -0.3 is 11.1 Å². The van der Waals surface area contributed by atoms with Crippen LogP contribution in [-0.2, 0) is 11.3 Å². The maximum absolute atomic E-state index is 13.2. The molecule has 7 heteroatoms. The summed E-state index contributed by atoms with van der Waals surface area (Å²) in [5, 5.41) is 2.58. The minimum atomic E-state index is -1.00. The first kappa shape index (κ1) is 18.0. The summed E-state index contributed by atoms with van der Waals surface area (Å²) in [6.45, 7) is 0.691. The Labute approximate surface area is 149 Å². The number of nitrogens with zero attached hydrogens (tertiary/aromatic N) is 1. The number of carbonyl (C=O) groups is 2. The van der Waals surface area contributed by atoms with Crippen molar-refractivity contribution < 1.29 is 18.4 Å². The van der Waals surface area contributed by atoms with Crippen LogP contribution in [0.15, 0.2) is 42.5 Å². The second-order valence-corrected chi connectivity index (χ2v) is 6.37. The third-order valence-corrected chi connectivity index (χ3v) is 4.24. The molecule has 5 nitrogen and oxygen atoms in total. The van der Waals surface area contributed by atoms with Crippen LogP contribution < -0.4 is 11.1 Å². The lowest BCUT2D eigenvalue weighted by atomic mass is 10.1. The highest BCUT2D eigenvalue weighted by Gasteiger charge is 2.30. The van der Waals surface area contributed by atoms with Gasteiger partial charge in [0, 0.05) is 29.9 Å². The zero-order chi connectivity index (χ0) is 18.7. The van der Waals surface area contributed by atoms with E-state index in [0.717, 1.165) is 30.5 Å². The van der Waals surface area contributed by atoms with Crippen LogP contribution in [0, 0.1) is 11.6 Å². The molecule has 3 N–H and O–H groups in total. The van der Waals surface area contributed by atoms with Crippen LogP contribution in [-0.4, -0.2) is 29.3 Å². The van der Waals surface area contributed by atoms with Crippen molar-refractivity contribution in [3.8, 4) is 0 Å². The number of anilines is 1. The van der Waals surface area contributed by atoms with Gasteiger partial charge in [-0.1, -0.05) is 12.1 Å². The van der Waals surface area contributed by atoms with Crippen molar-refractivity contribution in [2.24, 2.45) is 5.73 Å². The Morgan fingerprint density at radius 2 is 1.77 bits per heavy atom. The maximum atomic E-state index is 13.2. The molecule has 0 bridgehead atoms. The second-order valence-electron chi connectivity index (χ2n) is 6.37. The monoisotopic (exact) mass is 359 g/mol. The average Bonchev–Trinajstić information content (AvgIpc) is 3.43. The molecule has 136 valence electrons. The molecule has 2 amide bonds. The quantitative estimate of drug-likeness (QED) is 0.798. The second kappa shape index (κ2) is 7.61. The predicted molar refractivity (Wildman–Crippen MR) is 93.4 cm³/mol. The molecule has 0 saturated heterocycles. The first-order valence-corrected chi connectivity index (χ1v) is 8.30. The van der Waals surface area contributed by atoms with Crippen molar-refractivity contribution >= 4 is 17.5 Å². The van der Waals surface area contributed by atoms with Crippen molar-refractivity contribution in [3.05, 3.63) is 65.2 Å². The van der Waals surface area contributed by atoms with Gasteiger partial charge in [0.25, 0.3) is 0 Å². The largest absolute Gasteiger partial charge is 0.366 e. The summed E-state index contributed by atoms with van der Waals surface area (Å²) in [5.41, 5.74) is 6.84. The lowest BCUT2D eigenvalue weighted by Gasteiger charge is -2.21. The van der Waals surface area contributed by atoms with Crippen LogP contribution in [0.2, 0.25) is 0 Å². The van der Waals surface area contributed by atoms with E-state index in [2.05, 4.69) is 5.32 Å². The molecule has 0 spiro atoms. The maximum Gasteiger partial charge on any atom is 0.248 e. The number of hydrogen-bond donors (Lipinski definition) is 2. The van der Waals surface area contributed by atoms with Crippen LogP contribution in [0.25, 0.3) is 0 Å². The van der Waals surface area contributed by atoms with Crippen LogP contribution in [0.5, 0.6) is 0 Å². The van der Waals surface area contributed by atoms with Gasteiger partial charge in [-0.3, -0.25) is 14.5 Å². The van der Waals surface area contributed by atoms with Gasteiger partial charge in [0.15, 0.2) is 11.6 Å². The number of nitrogens with two attached hydrogens (primary N) is 1. The summed E-state index contributed by atoms with van der Waals surface area (Å²) in [5.74, 6) is -2.74. The molecule has 2 aromatic rings. The predicted octanol–water partition coefficient (Wildman–Crippen LogP) is 2.67. The fourth-order valence-electron chi connectivity index (χ4n) is 2.72. The first-order valence-electron chi connectivity index (χ1n) is 8.30. The van der Waals surface area contributed by atoms with Gasteiger partial charge in [0.2, 0.25) is 11.8 Å². The summed E-state index contributed by atoms with van der Waals surface area (Å²) < 4.78 is 26.2. The molecular formula is C19H19F2N3O2. The number of halogens is 2. The topological polar surface area (TPSA) is 75.4 Å². The minimum Gasteiger partial charge on any atom is -0.366 e. The molecule has 2 aromatic carbocycles. The number of carbonyl (C=O) groups excluding carboxylic acids is 2. The highest BCUT2D eigenvalue weighted by atomic mass is 19.2. The number of primary amides is 1. The molecule has 0 atom stereocenters. The van der Waals surface area contributed by atoms with E-state index in [9.17, 15) is 18.4 Å². The Hall–Kier alpha value is -2.80. The average molecular weight is 359 g/mol. The van der Waals surface area contributed by atoms with Crippen LogP contribution >= 0.6 is 0 Å². The fourth-order valence-corrected chi connectivity index (χ4v) is 2.72. The van der Waals surface area contributed by atoms with Crippen LogP contribution in [0.4, 0.5) is 14.5 Å². The number of benzene rings is 2. The molecule has 0 radical (unpaired) electrons. The van der Waals surface area contributed by atoms with Gasteiger partial charge in [-0.2, -0.15) is 0 Å². The Bertz CT molecular complexity index is 820. The van der Waals surface area contributed by atoms with Crippen LogP contribution in [0.3, 0.4) is 0 Å². The highest BCUT2D eigenvalue weighted by Crippen LogP contribution is 2.28. The van der Waals surface area contributed by atoms with Crippen molar-refractivity contribution in [1.29, 1.82) is 0 Å². The van der Waals surface area contributed by atoms with Crippen molar-refractivity contribution in [1.82, 2.24) is 4.90 Å². The van der Waals surface area contributed by atoms with Gasteiger partial charge in [0.1, 0.15) is 0 Å². The van der Waals surface area contributed by atoms with Gasteiger partial charge in [-0.15, -0.1) is 0 Å². The minimum absolute atomic E-state index is 0.140. The molecule has 0 heterocycles. The Morgan fingerprint density at radius 1 is 1.08 bits per heavy atom.